The third-order valence-electron chi connectivity index (χ3n) is 5.77. The van der Waals surface area contributed by atoms with Gasteiger partial charge >= 0.3 is 0 Å². The van der Waals surface area contributed by atoms with E-state index in [0.29, 0.717) is 0 Å². The van der Waals surface area contributed by atoms with Crippen LogP contribution < -0.4 is 0 Å². The second kappa shape index (κ2) is 10.1. The molecule has 144 valence electrons. The molecule has 0 bridgehead atoms. The zero-order valence-electron chi connectivity index (χ0n) is 18.1. The van der Waals surface area contributed by atoms with Crippen molar-refractivity contribution in [3.8, 4) is 0 Å². The smallest absolute Gasteiger partial charge is 0.0146 e. The molecule has 0 fully saturated rings. The second-order valence-electron chi connectivity index (χ2n) is 8.85. The van der Waals surface area contributed by atoms with E-state index in [4.69, 9.17) is 0 Å². The average Bonchev–Trinajstić information content (AvgIpc) is 2.59. The van der Waals surface area contributed by atoms with Crippen molar-refractivity contribution in [3.63, 3.8) is 0 Å². The van der Waals surface area contributed by atoms with Gasteiger partial charge in [0.1, 0.15) is 0 Å². The molecule has 0 aliphatic rings. The highest BCUT2D eigenvalue weighted by molar-refractivity contribution is 5.90. The Balaban J connectivity index is 2.36. The van der Waals surface area contributed by atoms with Gasteiger partial charge in [-0.05, 0) is 60.4 Å². The second-order valence-corrected chi connectivity index (χ2v) is 8.85. The van der Waals surface area contributed by atoms with Gasteiger partial charge in [-0.15, -0.1) is 0 Å². The Morgan fingerprint density at radius 1 is 0.654 bits per heavy atom. The van der Waals surface area contributed by atoms with Crippen LogP contribution in [0.5, 0.6) is 0 Å². The minimum Gasteiger partial charge on any atom is -0.0654 e. The van der Waals surface area contributed by atoms with Crippen molar-refractivity contribution in [2.45, 2.75) is 92.9 Å². The largest absolute Gasteiger partial charge is 0.0654 e. The van der Waals surface area contributed by atoms with Crippen molar-refractivity contribution in [2.24, 2.45) is 11.8 Å². The van der Waals surface area contributed by atoms with Gasteiger partial charge in [-0.2, -0.15) is 0 Å². The highest BCUT2D eigenvalue weighted by Crippen LogP contribution is 2.30. The van der Waals surface area contributed by atoms with Crippen LogP contribution in [0.3, 0.4) is 0 Å². The van der Waals surface area contributed by atoms with Crippen molar-refractivity contribution in [2.75, 3.05) is 0 Å². The Hall–Kier alpha value is -1.30. The summed E-state index contributed by atoms with van der Waals surface area (Å²) in [6, 6.07) is 9.73. The predicted molar refractivity (Wildman–Crippen MR) is 118 cm³/mol. The number of aryl methyl sites for hydroxylation is 2. The monoisotopic (exact) mass is 352 g/mol. The molecule has 0 spiro atoms. The molecule has 0 saturated heterocycles. The van der Waals surface area contributed by atoms with E-state index in [1.807, 2.05) is 0 Å². The molecule has 0 radical (unpaired) electrons. The lowest BCUT2D eigenvalue weighted by Gasteiger charge is -2.18. The van der Waals surface area contributed by atoms with Gasteiger partial charge in [0, 0.05) is 0 Å². The average molecular weight is 353 g/mol. The van der Waals surface area contributed by atoms with E-state index in [0.717, 1.165) is 11.8 Å². The molecule has 2 rings (SSSR count). The molecule has 26 heavy (non-hydrogen) atoms. The van der Waals surface area contributed by atoms with Gasteiger partial charge in [0.25, 0.3) is 0 Å². The molecule has 0 N–H and O–H groups in total. The van der Waals surface area contributed by atoms with Crippen LogP contribution in [0.25, 0.3) is 10.8 Å². The van der Waals surface area contributed by atoms with Crippen LogP contribution in [0, 0.1) is 25.7 Å². The molecule has 0 heteroatoms. The van der Waals surface area contributed by atoms with Crippen LogP contribution in [-0.4, -0.2) is 0 Å². The first kappa shape index (κ1) is 21.0. The van der Waals surface area contributed by atoms with Crippen LogP contribution in [-0.2, 0) is 12.8 Å². The van der Waals surface area contributed by atoms with Crippen molar-refractivity contribution < 1.29 is 0 Å². The number of fused-ring (bicyclic) bond motifs is 1. The summed E-state index contributed by atoms with van der Waals surface area (Å²) >= 11 is 0. The number of benzene rings is 2. The molecular weight excluding hydrogens is 312 g/mol. The van der Waals surface area contributed by atoms with Gasteiger partial charge in [-0.1, -0.05) is 102 Å². The lowest BCUT2D eigenvalue weighted by Crippen LogP contribution is -2.04. The highest BCUT2D eigenvalue weighted by Gasteiger charge is 2.13. The van der Waals surface area contributed by atoms with Gasteiger partial charge in [0.2, 0.25) is 0 Å². The minimum absolute atomic E-state index is 0.771. The van der Waals surface area contributed by atoms with Crippen LogP contribution in [0.2, 0.25) is 0 Å². The fourth-order valence-corrected chi connectivity index (χ4v) is 4.33. The first-order valence-electron chi connectivity index (χ1n) is 11.0. The molecule has 0 amide bonds. The Labute approximate surface area is 162 Å². The van der Waals surface area contributed by atoms with Crippen molar-refractivity contribution in [3.05, 3.63) is 46.5 Å². The van der Waals surface area contributed by atoms with E-state index in [2.05, 4.69) is 65.8 Å². The summed E-state index contributed by atoms with van der Waals surface area (Å²) < 4.78 is 0. The highest BCUT2D eigenvalue weighted by atomic mass is 14.2. The Morgan fingerprint density at radius 3 is 1.38 bits per heavy atom. The molecule has 0 aromatic heterocycles. The maximum atomic E-state index is 2.44. The fourth-order valence-electron chi connectivity index (χ4n) is 4.33. The standard InChI is InChI=1S/C26H40/c1-7-9-11-19(3)13-23-15-21(5)18-26-24(14-20(4)12-10-8-2)16-22(6)17-25(23)26/h15-20H,7-14H2,1-6H3. The fraction of sp³-hybridized carbons (Fsp3) is 0.615. The number of rotatable bonds is 10. The number of hydrogen-bond acceptors (Lipinski definition) is 0. The molecular formula is C26H40. The van der Waals surface area contributed by atoms with Crippen LogP contribution in [0.15, 0.2) is 24.3 Å². The van der Waals surface area contributed by atoms with Gasteiger partial charge in [0.15, 0.2) is 0 Å². The molecule has 0 saturated carbocycles. The molecule has 0 aliphatic carbocycles. The molecule has 2 atom stereocenters. The van der Waals surface area contributed by atoms with Crippen molar-refractivity contribution >= 4 is 10.8 Å². The third kappa shape index (κ3) is 5.86. The molecule has 0 nitrogen and oxygen atoms in total. The first-order valence-corrected chi connectivity index (χ1v) is 11.0. The molecule has 2 aromatic carbocycles. The molecule has 0 heterocycles. The topological polar surface area (TPSA) is 0 Å². The quantitative estimate of drug-likeness (QED) is 0.404. The maximum Gasteiger partial charge on any atom is -0.0146 e. The molecule has 2 aromatic rings. The van der Waals surface area contributed by atoms with E-state index in [-0.39, 0.29) is 0 Å². The summed E-state index contributed by atoms with van der Waals surface area (Å²) in [4.78, 5) is 0. The normalized spacial score (nSPS) is 13.9. The summed E-state index contributed by atoms with van der Waals surface area (Å²) in [7, 11) is 0. The SMILES string of the molecule is CCCCC(C)Cc1cc(C)cc2c(CC(C)CCCC)cc(C)cc12. The third-order valence-corrected chi connectivity index (χ3v) is 5.77. The summed E-state index contributed by atoms with van der Waals surface area (Å²) in [6.07, 6.45) is 10.4. The summed E-state index contributed by atoms with van der Waals surface area (Å²) in [5.41, 5.74) is 5.97. The van der Waals surface area contributed by atoms with E-state index in [1.165, 1.54) is 73.3 Å². The van der Waals surface area contributed by atoms with Crippen LogP contribution in [0.1, 0.15) is 88.5 Å². The number of unbranched alkanes of at least 4 members (excludes halogenated alkanes) is 2. The summed E-state index contributed by atoms with van der Waals surface area (Å²) in [6.45, 7) is 14.0. The van der Waals surface area contributed by atoms with Gasteiger partial charge in [0.05, 0.1) is 0 Å². The lowest BCUT2D eigenvalue weighted by atomic mass is 9.87. The molecule has 0 aliphatic heterocycles. The van der Waals surface area contributed by atoms with Crippen molar-refractivity contribution in [1.29, 1.82) is 0 Å². The number of hydrogen-bond donors (Lipinski definition) is 0. The van der Waals surface area contributed by atoms with Crippen LogP contribution in [0.4, 0.5) is 0 Å². The minimum atomic E-state index is 0.771. The van der Waals surface area contributed by atoms with Gasteiger partial charge in [-0.3, -0.25) is 0 Å². The van der Waals surface area contributed by atoms with E-state index in [1.54, 1.807) is 11.1 Å². The first-order chi connectivity index (χ1) is 12.4. The van der Waals surface area contributed by atoms with E-state index < -0.39 is 0 Å². The molecule has 2 unspecified atom stereocenters. The maximum absolute atomic E-state index is 2.44. The van der Waals surface area contributed by atoms with E-state index >= 15 is 0 Å². The van der Waals surface area contributed by atoms with Gasteiger partial charge < -0.3 is 0 Å². The lowest BCUT2D eigenvalue weighted by molar-refractivity contribution is 0.503. The zero-order valence-corrected chi connectivity index (χ0v) is 18.1. The Bertz CT molecular complexity index is 633. The summed E-state index contributed by atoms with van der Waals surface area (Å²) in [5.74, 6) is 1.54. The Kier molecular flexibility index (Phi) is 8.19. The van der Waals surface area contributed by atoms with E-state index in [9.17, 15) is 0 Å². The van der Waals surface area contributed by atoms with Gasteiger partial charge in [-0.25, -0.2) is 0 Å². The zero-order chi connectivity index (χ0) is 19.1. The van der Waals surface area contributed by atoms with Crippen LogP contribution >= 0.6 is 0 Å². The van der Waals surface area contributed by atoms with Crippen molar-refractivity contribution in [1.82, 2.24) is 0 Å². The predicted octanol–water partition coefficient (Wildman–Crippen LogP) is 8.19. The summed E-state index contributed by atoms with van der Waals surface area (Å²) in [5, 5.41) is 3.02. The Morgan fingerprint density at radius 2 is 1.04 bits per heavy atom.